The summed E-state index contributed by atoms with van der Waals surface area (Å²) in [6, 6.07) is 71.1. The van der Waals surface area contributed by atoms with Crippen LogP contribution in [0.1, 0.15) is 0 Å². The van der Waals surface area contributed by atoms with Crippen molar-refractivity contribution in [2.75, 3.05) is 4.90 Å². The lowest BCUT2D eigenvalue weighted by atomic mass is 9.95. The number of benzene rings is 9. The molecule has 3 heteroatoms. The Kier molecular flexibility index (Phi) is 7.17. The lowest BCUT2D eigenvalue weighted by Gasteiger charge is -2.28. The molecule has 258 valence electrons. The SMILES string of the molecule is c1ccc(-c2ccccc2N(c2cccc(-c3cccc(-c4ccc5ccc6oc7ccccc7c6c5c4)c3)c2)c2ccc3c(c2)oc2ccccc23)cc1. The maximum atomic E-state index is 6.41. The van der Waals surface area contributed by atoms with Gasteiger partial charge in [-0.2, -0.15) is 0 Å². The van der Waals surface area contributed by atoms with Crippen molar-refractivity contribution < 1.29 is 8.83 Å². The molecule has 0 saturated heterocycles. The van der Waals surface area contributed by atoms with E-state index in [4.69, 9.17) is 8.83 Å². The topological polar surface area (TPSA) is 29.5 Å². The zero-order valence-electron chi connectivity index (χ0n) is 29.8. The van der Waals surface area contributed by atoms with Crippen LogP contribution in [-0.4, -0.2) is 0 Å². The minimum absolute atomic E-state index is 0.862. The lowest BCUT2D eigenvalue weighted by molar-refractivity contribution is 0.668. The molecule has 0 fully saturated rings. The fourth-order valence-corrected chi connectivity index (χ4v) is 8.24. The Balaban J connectivity index is 1.05. The van der Waals surface area contributed by atoms with Crippen LogP contribution in [-0.2, 0) is 0 Å². The largest absolute Gasteiger partial charge is 0.456 e. The van der Waals surface area contributed by atoms with Crippen molar-refractivity contribution >= 4 is 71.7 Å². The zero-order chi connectivity index (χ0) is 36.3. The molecule has 11 rings (SSSR count). The van der Waals surface area contributed by atoms with Crippen molar-refractivity contribution in [2.45, 2.75) is 0 Å². The van der Waals surface area contributed by atoms with E-state index >= 15 is 0 Å². The average molecular weight is 704 g/mol. The van der Waals surface area contributed by atoms with Crippen LogP contribution in [0.4, 0.5) is 17.1 Å². The molecule has 0 N–H and O–H groups in total. The Morgan fingerprint density at radius 1 is 0.309 bits per heavy atom. The number of hydrogen-bond donors (Lipinski definition) is 0. The molecule has 0 atom stereocenters. The molecule has 0 radical (unpaired) electrons. The summed E-state index contributed by atoms with van der Waals surface area (Å²) in [5.74, 6) is 0. The average Bonchev–Trinajstić information content (AvgIpc) is 3.83. The third-order valence-corrected chi connectivity index (χ3v) is 10.8. The van der Waals surface area contributed by atoms with Crippen LogP contribution in [0.3, 0.4) is 0 Å². The first kappa shape index (κ1) is 31.2. The summed E-state index contributed by atoms with van der Waals surface area (Å²) >= 11 is 0. The quantitative estimate of drug-likeness (QED) is 0.173. The van der Waals surface area contributed by atoms with Gasteiger partial charge >= 0.3 is 0 Å². The fraction of sp³-hybridized carbons (Fsp3) is 0. The van der Waals surface area contributed by atoms with Gasteiger partial charge in [0, 0.05) is 44.5 Å². The van der Waals surface area contributed by atoms with Crippen LogP contribution in [0.25, 0.3) is 88.0 Å². The monoisotopic (exact) mass is 703 g/mol. The van der Waals surface area contributed by atoms with Gasteiger partial charge in [0.2, 0.25) is 0 Å². The number of nitrogens with zero attached hydrogens (tertiary/aromatic N) is 1. The number of furan rings is 2. The van der Waals surface area contributed by atoms with E-state index in [1.54, 1.807) is 0 Å². The van der Waals surface area contributed by atoms with Crippen LogP contribution in [0, 0.1) is 0 Å². The van der Waals surface area contributed by atoms with Gasteiger partial charge in [-0.3, -0.25) is 0 Å². The molecule has 0 aliphatic heterocycles. The normalized spacial score (nSPS) is 11.6. The van der Waals surface area contributed by atoms with Crippen molar-refractivity contribution in [1.82, 2.24) is 0 Å². The molecule has 3 nitrogen and oxygen atoms in total. The number of hydrogen-bond acceptors (Lipinski definition) is 3. The lowest BCUT2D eigenvalue weighted by Crippen LogP contribution is -2.11. The van der Waals surface area contributed by atoms with E-state index in [2.05, 4.69) is 181 Å². The fourth-order valence-electron chi connectivity index (χ4n) is 8.24. The van der Waals surface area contributed by atoms with Gasteiger partial charge in [-0.1, -0.05) is 133 Å². The smallest absolute Gasteiger partial charge is 0.137 e. The van der Waals surface area contributed by atoms with Gasteiger partial charge < -0.3 is 13.7 Å². The van der Waals surface area contributed by atoms with E-state index in [9.17, 15) is 0 Å². The highest BCUT2D eigenvalue weighted by molar-refractivity contribution is 6.19. The summed E-state index contributed by atoms with van der Waals surface area (Å²) in [5.41, 5.74) is 13.7. The molecule has 0 amide bonds. The molecule has 9 aromatic carbocycles. The molecule has 0 bridgehead atoms. The first-order valence-electron chi connectivity index (χ1n) is 18.7. The molecule has 11 aromatic rings. The van der Waals surface area contributed by atoms with E-state index in [0.29, 0.717) is 0 Å². The molecular formula is C52H33NO2. The standard InChI is InChI=1S/C52H33NO2/c1-2-12-34(13-3-1)42-18-4-7-21-47(42)53(41-27-28-44-43-19-5-8-22-48(43)55-51(44)33-41)40-17-11-16-38(31-40)36-14-10-15-37(30-36)39-25-24-35-26-29-50-52(46(35)32-39)45-20-6-9-23-49(45)54-50/h1-33H. The molecule has 55 heavy (non-hydrogen) atoms. The van der Waals surface area contributed by atoms with Gasteiger partial charge in [-0.25, -0.2) is 0 Å². The van der Waals surface area contributed by atoms with Crippen molar-refractivity contribution in [3.63, 3.8) is 0 Å². The molecule has 0 saturated carbocycles. The maximum Gasteiger partial charge on any atom is 0.137 e. The Bertz CT molecular complexity index is 3220. The van der Waals surface area contributed by atoms with Crippen molar-refractivity contribution in [2.24, 2.45) is 0 Å². The number of rotatable bonds is 6. The Morgan fingerprint density at radius 2 is 0.909 bits per heavy atom. The van der Waals surface area contributed by atoms with Crippen LogP contribution in [0.2, 0.25) is 0 Å². The highest BCUT2D eigenvalue weighted by atomic mass is 16.3. The molecule has 2 aromatic heterocycles. The molecule has 0 unspecified atom stereocenters. The third-order valence-electron chi connectivity index (χ3n) is 10.8. The predicted octanol–water partition coefficient (Wildman–Crippen LogP) is 15.1. The van der Waals surface area contributed by atoms with Crippen LogP contribution < -0.4 is 4.90 Å². The Morgan fingerprint density at radius 3 is 1.76 bits per heavy atom. The summed E-state index contributed by atoms with van der Waals surface area (Å²) < 4.78 is 12.6. The molecule has 0 aliphatic carbocycles. The predicted molar refractivity (Wildman–Crippen MR) is 229 cm³/mol. The van der Waals surface area contributed by atoms with Crippen molar-refractivity contribution in [3.05, 3.63) is 200 Å². The number of para-hydroxylation sites is 3. The Labute approximate surface area is 317 Å². The van der Waals surface area contributed by atoms with Gasteiger partial charge in [0.1, 0.15) is 22.3 Å². The number of fused-ring (bicyclic) bond motifs is 8. The van der Waals surface area contributed by atoms with Gasteiger partial charge in [0.05, 0.1) is 5.69 Å². The second-order valence-electron chi connectivity index (χ2n) is 14.1. The van der Waals surface area contributed by atoms with Crippen LogP contribution in [0.15, 0.2) is 209 Å². The van der Waals surface area contributed by atoms with Gasteiger partial charge in [0.15, 0.2) is 0 Å². The van der Waals surface area contributed by atoms with E-state index in [-0.39, 0.29) is 0 Å². The minimum Gasteiger partial charge on any atom is -0.456 e. The highest BCUT2D eigenvalue weighted by Crippen LogP contribution is 2.44. The molecule has 2 heterocycles. The van der Waals surface area contributed by atoms with Gasteiger partial charge in [0.25, 0.3) is 0 Å². The second-order valence-corrected chi connectivity index (χ2v) is 14.1. The van der Waals surface area contributed by atoms with Crippen LogP contribution in [0.5, 0.6) is 0 Å². The third kappa shape index (κ3) is 5.28. The number of anilines is 3. The summed E-state index contributed by atoms with van der Waals surface area (Å²) in [6.45, 7) is 0. The first-order chi connectivity index (χ1) is 27.2. The van der Waals surface area contributed by atoms with Crippen LogP contribution >= 0.6 is 0 Å². The van der Waals surface area contributed by atoms with Gasteiger partial charge in [-0.05, 0) is 99.3 Å². The van der Waals surface area contributed by atoms with Gasteiger partial charge in [-0.15, -0.1) is 0 Å². The maximum absolute atomic E-state index is 6.41. The van der Waals surface area contributed by atoms with Crippen molar-refractivity contribution in [1.29, 1.82) is 0 Å². The molecule has 0 aliphatic rings. The summed E-state index contributed by atoms with van der Waals surface area (Å²) in [5, 5.41) is 6.93. The molecular weight excluding hydrogens is 671 g/mol. The van der Waals surface area contributed by atoms with E-state index in [1.807, 2.05) is 24.3 Å². The summed E-state index contributed by atoms with van der Waals surface area (Å²) in [7, 11) is 0. The van der Waals surface area contributed by atoms with Crippen molar-refractivity contribution in [3.8, 4) is 33.4 Å². The second kappa shape index (κ2) is 12.6. The van der Waals surface area contributed by atoms with E-state index < -0.39 is 0 Å². The highest BCUT2D eigenvalue weighted by Gasteiger charge is 2.20. The summed E-state index contributed by atoms with van der Waals surface area (Å²) in [4.78, 5) is 2.35. The zero-order valence-corrected chi connectivity index (χ0v) is 29.8. The van der Waals surface area contributed by atoms with E-state index in [0.717, 1.165) is 88.8 Å². The minimum atomic E-state index is 0.862. The molecule has 0 spiro atoms. The summed E-state index contributed by atoms with van der Waals surface area (Å²) in [6.07, 6.45) is 0. The Hall–Kier alpha value is -7.36. The van der Waals surface area contributed by atoms with E-state index in [1.165, 1.54) is 16.3 Å². The first-order valence-corrected chi connectivity index (χ1v) is 18.7.